The van der Waals surface area contributed by atoms with Gasteiger partial charge in [0.2, 0.25) is 0 Å². The van der Waals surface area contributed by atoms with E-state index in [0.717, 1.165) is 15.6 Å². The molecule has 0 aromatic heterocycles. The van der Waals surface area contributed by atoms with Crippen molar-refractivity contribution in [3.05, 3.63) is 100 Å². The highest BCUT2D eigenvalue weighted by molar-refractivity contribution is 9.10. The number of phenols is 1. The van der Waals surface area contributed by atoms with Gasteiger partial charge in [0.1, 0.15) is 5.75 Å². The lowest BCUT2D eigenvalue weighted by molar-refractivity contribution is -0.122. The molecule has 0 aliphatic carbocycles. The molecule has 6 heteroatoms. The zero-order valence-electron chi connectivity index (χ0n) is 15.8. The van der Waals surface area contributed by atoms with Crippen LogP contribution in [0, 0.1) is 0 Å². The lowest BCUT2D eigenvalue weighted by Crippen LogP contribution is -2.34. The van der Waals surface area contributed by atoms with Gasteiger partial charge in [-0.1, -0.05) is 76.6 Å². The van der Waals surface area contributed by atoms with Crippen molar-refractivity contribution in [3.8, 4) is 5.75 Å². The van der Waals surface area contributed by atoms with Crippen LogP contribution in [0.25, 0.3) is 0 Å². The minimum Gasteiger partial charge on any atom is -0.507 e. The number of nitrogens with one attached hydrogen (secondary N) is 1. The third kappa shape index (κ3) is 6.85. The minimum absolute atomic E-state index is 0.0981. The summed E-state index contributed by atoms with van der Waals surface area (Å²) in [4.78, 5) is 14.5. The second-order valence-electron chi connectivity index (χ2n) is 6.61. The molecule has 0 bridgehead atoms. The average molecular weight is 452 g/mol. The SMILES string of the molecule is O=C(CN(Cc1ccccc1)Cc1ccccc1)N/N=C/c1cc(Br)ccc1O. The first kappa shape index (κ1) is 20.8. The Morgan fingerprint density at radius 1 is 0.966 bits per heavy atom. The normalized spacial score (nSPS) is 11.1. The average Bonchev–Trinajstić information content (AvgIpc) is 2.72. The molecule has 0 atom stereocenters. The van der Waals surface area contributed by atoms with Crippen LogP contribution in [0.15, 0.2) is 88.4 Å². The highest BCUT2D eigenvalue weighted by Gasteiger charge is 2.12. The third-order valence-corrected chi connectivity index (χ3v) is 4.74. The van der Waals surface area contributed by atoms with Crippen LogP contribution in [-0.4, -0.2) is 28.7 Å². The van der Waals surface area contributed by atoms with Gasteiger partial charge in [-0.3, -0.25) is 9.69 Å². The number of carbonyl (C=O) groups is 1. The van der Waals surface area contributed by atoms with Crippen LogP contribution in [0.2, 0.25) is 0 Å². The Labute approximate surface area is 178 Å². The second kappa shape index (κ2) is 10.5. The van der Waals surface area contributed by atoms with E-state index in [0.29, 0.717) is 18.7 Å². The Kier molecular flexibility index (Phi) is 7.55. The smallest absolute Gasteiger partial charge is 0.254 e. The van der Waals surface area contributed by atoms with E-state index < -0.39 is 0 Å². The molecular weight excluding hydrogens is 430 g/mol. The lowest BCUT2D eigenvalue weighted by atomic mass is 10.1. The van der Waals surface area contributed by atoms with Gasteiger partial charge in [0.25, 0.3) is 5.91 Å². The quantitative estimate of drug-likeness (QED) is 0.396. The number of halogens is 1. The fourth-order valence-corrected chi connectivity index (χ4v) is 3.27. The maximum Gasteiger partial charge on any atom is 0.254 e. The molecule has 3 rings (SSSR count). The molecule has 0 fully saturated rings. The van der Waals surface area contributed by atoms with E-state index in [1.807, 2.05) is 60.7 Å². The monoisotopic (exact) mass is 451 g/mol. The number of hydrogen-bond donors (Lipinski definition) is 2. The molecule has 0 heterocycles. The maximum absolute atomic E-state index is 12.4. The Morgan fingerprint density at radius 3 is 2.14 bits per heavy atom. The van der Waals surface area contributed by atoms with Gasteiger partial charge in [-0.2, -0.15) is 5.10 Å². The Balaban J connectivity index is 1.63. The van der Waals surface area contributed by atoms with Crippen LogP contribution >= 0.6 is 15.9 Å². The van der Waals surface area contributed by atoms with E-state index in [2.05, 4.69) is 31.4 Å². The molecule has 29 heavy (non-hydrogen) atoms. The largest absolute Gasteiger partial charge is 0.507 e. The Bertz CT molecular complexity index is 921. The molecule has 0 saturated heterocycles. The molecule has 0 radical (unpaired) electrons. The summed E-state index contributed by atoms with van der Waals surface area (Å²) >= 11 is 3.35. The van der Waals surface area contributed by atoms with Crippen LogP contribution in [0.4, 0.5) is 0 Å². The molecule has 0 saturated carbocycles. The summed E-state index contributed by atoms with van der Waals surface area (Å²) < 4.78 is 0.819. The number of nitrogens with zero attached hydrogens (tertiary/aromatic N) is 2. The minimum atomic E-state index is -0.220. The first-order valence-electron chi connectivity index (χ1n) is 9.21. The van der Waals surface area contributed by atoms with Gasteiger partial charge >= 0.3 is 0 Å². The molecule has 0 aliphatic rings. The molecular formula is C23H22BrN3O2. The van der Waals surface area contributed by atoms with Gasteiger partial charge in [0.15, 0.2) is 0 Å². The Hall–Kier alpha value is -2.96. The van der Waals surface area contributed by atoms with E-state index in [1.54, 1.807) is 18.2 Å². The van der Waals surface area contributed by atoms with Crippen LogP contribution in [0.1, 0.15) is 16.7 Å². The van der Waals surface area contributed by atoms with Crippen LogP contribution in [0.3, 0.4) is 0 Å². The van der Waals surface area contributed by atoms with Crippen molar-refractivity contribution in [2.45, 2.75) is 13.1 Å². The van der Waals surface area contributed by atoms with E-state index in [-0.39, 0.29) is 18.2 Å². The molecule has 0 unspecified atom stereocenters. The van der Waals surface area contributed by atoms with Crippen LogP contribution in [0.5, 0.6) is 5.75 Å². The standard InChI is InChI=1S/C23H22BrN3O2/c24-21-11-12-22(28)20(13-21)14-25-26-23(29)17-27(15-18-7-3-1-4-8-18)16-19-9-5-2-6-10-19/h1-14,28H,15-17H2,(H,26,29)/b25-14+. The predicted molar refractivity (Wildman–Crippen MR) is 119 cm³/mol. The van der Waals surface area contributed by atoms with E-state index in [1.165, 1.54) is 6.21 Å². The number of hydrogen-bond acceptors (Lipinski definition) is 4. The summed E-state index contributed by atoms with van der Waals surface area (Å²) in [6, 6.07) is 25.1. The fraction of sp³-hybridized carbons (Fsp3) is 0.130. The number of phenolic OH excluding ortho intramolecular Hbond substituents is 1. The number of carbonyl (C=O) groups excluding carboxylic acids is 1. The van der Waals surface area contributed by atoms with Gasteiger partial charge in [-0.15, -0.1) is 0 Å². The predicted octanol–water partition coefficient (Wildman–Crippen LogP) is 4.31. The van der Waals surface area contributed by atoms with Gasteiger partial charge in [0, 0.05) is 23.1 Å². The van der Waals surface area contributed by atoms with Crippen LogP contribution < -0.4 is 5.43 Å². The van der Waals surface area contributed by atoms with Crippen molar-refractivity contribution in [1.82, 2.24) is 10.3 Å². The molecule has 3 aromatic rings. The number of aromatic hydroxyl groups is 1. The molecule has 2 N–H and O–H groups in total. The van der Waals surface area contributed by atoms with Crippen molar-refractivity contribution in [2.75, 3.05) is 6.54 Å². The number of hydrazone groups is 1. The van der Waals surface area contributed by atoms with E-state index >= 15 is 0 Å². The first-order valence-corrected chi connectivity index (χ1v) is 10.00. The number of rotatable bonds is 8. The highest BCUT2D eigenvalue weighted by Crippen LogP contribution is 2.19. The second-order valence-corrected chi connectivity index (χ2v) is 7.53. The summed E-state index contributed by atoms with van der Waals surface area (Å²) in [5, 5.41) is 13.8. The molecule has 0 aliphatic heterocycles. The van der Waals surface area contributed by atoms with Crippen LogP contribution in [-0.2, 0) is 17.9 Å². The zero-order chi connectivity index (χ0) is 20.5. The van der Waals surface area contributed by atoms with E-state index in [4.69, 9.17) is 0 Å². The maximum atomic E-state index is 12.4. The highest BCUT2D eigenvalue weighted by atomic mass is 79.9. The van der Waals surface area contributed by atoms with Crippen molar-refractivity contribution in [3.63, 3.8) is 0 Å². The van der Waals surface area contributed by atoms with Gasteiger partial charge in [-0.05, 0) is 29.3 Å². The molecule has 5 nitrogen and oxygen atoms in total. The van der Waals surface area contributed by atoms with Gasteiger partial charge in [-0.25, -0.2) is 5.43 Å². The van der Waals surface area contributed by atoms with Crippen molar-refractivity contribution in [2.24, 2.45) is 5.10 Å². The van der Waals surface area contributed by atoms with Gasteiger partial charge < -0.3 is 5.11 Å². The zero-order valence-corrected chi connectivity index (χ0v) is 17.4. The summed E-state index contributed by atoms with van der Waals surface area (Å²) in [5.41, 5.74) is 5.34. The number of amides is 1. The van der Waals surface area contributed by atoms with Crippen molar-refractivity contribution in [1.29, 1.82) is 0 Å². The third-order valence-electron chi connectivity index (χ3n) is 4.25. The lowest BCUT2D eigenvalue weighted by Gasteiger charge is -2.21. The number of benzene rings is 3. The molecule has 0 spiro atoms. The van der Waals surface area contributed by atoms with Gasteiger partial charge in [0.05, 0.1) is 12.8 Å². The van der Waals surface area contributed by atoms with E-state index in [9.17, 15) is 9.90 Å². The topological polar surface area (TPSA) is 64.9 Å². The molecule has 148 valence electrons. The Morgan fingerprint density at radius 2 is 1.55 bits per heavy atom. The molecule has 3 aromatic carbocycles. The first-order chi connectivity index (χ1) is 14.1. The summed E-state index contributed by atoms with van der Waals surface area (Å²) in [6.45, 7) is 1.50. The molecule has 1 amide bonds. The van der Waals surface area contributed by atoms with Crippen molar-refractivity contribution < 1.29 is 9.90 Å². The fourth-order valence-electron chi connectivity index (χ4n) is 2.89. The van der Waals surface area contributed by atoms with Crippen molar-refractivity contribution >= 4 is 28.1 Å². The summed E-state index contributed by atoms with van der Waals surface area (Å²) in [6.07, 6.45) is 1.43. The summed E-state index contributed by atoms with van der Waals surface area (Å²) in [7, 11) is 0. The summed E-state index contributed by atoms with van der Waals surface area (Å²) in [5.74, 6) is -0.122.